The summed E-state index contributed by atoms with van der Waals surface area (Å²) in [5.41, 5.74) is 1.40. The molecule has 0 fully saturated rings. The Morgan fingerprint density at radius 3 is 2.79 bits per heavy atom. The number of hydrogen-bond donors (Lipinski definition) is 1. The maximum absolute atomic E-state index is 9.94. The van der Waals surface area contributed by atoms with E-state index >= 15 is 0 Å². The number of aliphatic hydroxyl groups excluding tert-OH is 1. The van der Waals surface area contributed by atoms with Crippen molar-refractivity contribution in [2.45, 2.75) is 13.0 Å². The number of furan rings is 1. The molecule has 2 aromatic heterocycles. The molecule has 1 atom stereocenters. The fourth-order valence-electron chi connectivity index (χ4n) is 1.42. The molecule has 2 rings (SSSR count). The molecule has 0 aliphatic rings. The molecule has 4 heteroatoms. The summed E-state index contributed by atoms with van der Waals surface area (Å²) >= 11 is 0. The van der Waals surface area contributed by atoms with Crippen molar-refractivity contribution in [3.63, 3.8) is 0 Å². The van der Waals surface area contributed by atoms with Crippen LogP contribution in [0.1, 0.15) is 23.1 Å². The van der Waals surface area contributed by atoms with Crippen molar-refractivity contribution in [1.29, 1.82) is 0 Å². The highest BCUT2D eigenvalue weighted by Crippen LogP contribution is 2.23. The van der Waals surface area contributed by atoms with Gasteiger partial charge in [-0.2, -0.15) is 5.10 Å². The Morgan fingerprint density at radius 2 is 2.29 bits per heavy atom. The quantitative estimate of drug-likeness (QED) is 0.782. The zero-order valence-electron chi connectivity index (χ0n) is 8.14. The van der Waals surface area contributed by atoms with Crippen molar-refractivity contribution in [3.05, 3.63) is 41.6 Å². The van der Waals surface area contributed by atoms with E-state index < -0.39 is 6.10 Å². The van der Waals surface area contributed by atoms with Gasteiger partial charge >= 0.3 is 0 Å². The lowest BCUT2D eigenvalue weighted by Crippen LogP contribution is -2.01. The minimum Gasteiger partial charge on any atom is -0.469 e. The molecular weight excluding hydrogens is 180 g/mol. The first-order chi connectivity index (χ1) is 6.68. The van der Waals surface area contributed by atoms with Crippen LogP contribution < -0.4 is 0 Å². The molecule has 1 unspecified atom stereocenters. The molecule has 0 saturated heterocycles. The smallest absolute Gasteiger partial charge is 0.126 e. The highest BCUT2D eigenvalue weighted by molar-refractivity contribution is 5.26. The zero-order chi connectivity index (χ0) is 10.1. The average Bonchev–Trinajstić information content (AvgIpc) is 2.73. The highest BCUT2D eigenvalue weighted by Gasteiger charge is 2.16. The van der Waals surface area contributed by atoms with Crippen LogP contribution in [-0.2, 0) is 7.05 Å². The van der Waals surface area contributed by atoms with Crippen molar-refractivity contribution in [2.75, 3.05) is 0 Å². The summed E-state index contributed by atoms with van der Waals surface area (Å²) in [6.07, 6.45) is 2.67. The van der Waals surface area contributed by atoms with E-state index in [9.17, 15) is 5.11 Å². The minimum absolute atomic E-state index is 0.636. The molecule has 0 spiro atoms. The summed E-state index contributed by atoms with van der Waals surface area (Å²) in [5.74, 6) is 0.725. The number of nitrogens with zero attached hydrogens (tertiary/aromatic N) is 2. The Morgan fingerprint density at radius 1 is 1.50 bits per heavy atom. The summed E-state index contributed by atoms with van der Waals surface area (Å²) in [6.45, 7) is 1.82. The predicted octanol–water partition coefficient (Wildman–Crippen LogP) is 1.40. The molecule has 0 radical (unpaired) electrons. The zero-order valence-corrected chi connectivity index (χ0v) is 8.14. The third-order valence-corrected chi connectivity index (χ3v) is 2.21. The van der Waals surface area contributed by atoms with Crippen LogP contribution >= 0.6 is 0 Å². The predicted molar refractivity (Wildman–Crippen MR) is 50.7 cm³/mol. The summed E-state index contributed by atoms with van der Waals surface area (Å²) in [4.78, 5) is 0. The second-order valence-electron chi connectivity index (χ2n) is 3.25. The van der Waals surface area contributed by atoms with Crippen molar-refractivity contribution in [3.8, 4) is 0 Å². The van der Waals surface area contributed by atoms with E-state index in [1.165, 1.54) is 0 Å². The van der Waals surface area contributed by atoms with Gasteiger partial charge in [-0.15, -0.1) is 0 Å². The van der Waals surface area contributed by atoms with Gasteiger partial charge in [0.1, 0.15) is 11.9 Å². The summed E-state index contributed by atoms with van der Waals surface area (Å²) in [5, 5.41) is 14.1. The van der Waals surface area contributed by atoms with Gasteiger partial charge in [-0.1, -0.05) is 0 Å². The molecular formula is C10H12N2O2. The molecule has 74 valence electrons. The largest absolute Gasteiger partial charge is 0.469 e. The van der Waals surface area contributed by atoms with Crippen LogP contribution in [0.25, 0.3) is 0 Å². The molecule has 0 bridgehead atoms. The summed E-state index contributed by atoms with van der Waals surface area (Å²) in [6, 6.07) is 3.55. The third kappa shape index (κ3) is 1.44. The first-order valence-corrected chi connectivity index (χ1v) is 4.40. The van der Waals surface area contributed by atoms with Gasteiger partial charge in [0.25, 0.3) is 0 Å². The molecule has 0 aliphatic heterocycles. The van der Waals surface area contributed by atoms with Gasteiger partial charge in [0.2, 0.25) is 0 Å². The maximum Gasteiger partial charge on any atom is 0.126 e. The van der Waals surface area contributed by atoms with E-state index in [0.29, 0.717) is 5.69 Å². The summed E-state index contributed by atoms with van der Waals surface area (Å²) in [7, 11) is 1.82. The number of aromatic nitrogens is 2. The lowest BCUT2D eigenvalue weighted by molar-refractivity contribution is 0.212. The molecule has 2 aromatic rings. The van der Waals surface area contributed by atoms with Gasteiger partial charge < -0.3 is 9.52 Å². The molecule has 2 heterocycles. The van der Waals surface area contributed by atoms with Crippen LogP contribution in [-0.4, -0.2) is 14.9 Å². The van der Waals surface area contributed by atoms with Gasteiger partial charge in [-0.25, -0.2) is 0 Å². The maximum atomic E-state index is 9.94. The Bertz CT molecular complexity index is 431. The van der Waals surface area contributed by atoms with Crippen LogP contribution in [0.2, 0.25) is 0 Å². The molecule has 0 aromatic carbocycles. The van der Waals surface area contributed by atoms with Crippen LogP contribution in [0.4, 0.5) is 0 Å². The highest BCUT2D eigenvalue weighted by atomic mass is 16.3. The van der Waals surface area contributed by atoms with Crippen molar-refractivity contribution < 1.29 is 9.52 Å². The summed E-state index contributed by atoms with van der Waals surface area (Å²) < 4.78 is 6.78. The van der Waals surface area contributed by atoms with E-state index in [1.807, 2.05) is 14.0 Å². The second-order valence-corrected chi connectivity index (χ2v) is 3.25. The molecule has 1 N–H and O–H groups in total. The van der Waals surface area contributed by atoms with E-state index in [2.05, 4.69) is 5.10 Å². The van der Waals surface area contributed by atoms with Crippen molar-refractivity contribution in [2.24, 2.45) is 7.05 Å². The average molecular weight is 192 g/mol. The van der Waals surface area contributed by atoms with Gasteiger partial charge in [-0.3, -0.25) is 4.68 Å². The first-order valence-electron chi connectivity index (χ1n) is 4.40. The molecule has 0 amide bonds. The lowest BCUT2D eigenvalue weighted by Gasteiger charge is -2.05. The van der Waals surface area contributed by atoms with Gasteiger partial charge in [0, 0.05) is 18.8 Å². The second kappa shape index (κ2) is 3.31. The number of aryl methyl sites for hydroxylation is 2. The monoisotopic (exact) mass is 192 g/mol. The molecule has 0 aliphatic carbocycles. The fraction of sp³-hybridized carbons (Fsp3) is 0.300. The SMILES string of the molecule is Cc1occc1C(O)c1ccn(C)n1. The lowest BCUT2D eigenvalue weighted by atomic mass is 10.1. The standard InChI is InChI=1S/C10H12N2O2/c1-7-8(4-6-14-7)10(13)9-3-5-12(2)11-9/h3-6,10,13H,1-2H3. The van der Waals surface area contributed by atoms with E-state index in [1.54, 1.807) is 29.3 Å². The molecule has 4 nitrogen and oxygen atoms in total. The minimum atomic E-state index is -0.699. The van der Waals surface area contributed by atoms with Crippen LogP contribution in [0, 0.1) is 6.92 Å². The Hall–Kier alpha value is -1.55. The topological polar surface area (TPSA) is 51.2 Å². The van der Waals surface area contributed by atoms with Crippen LogP contribution in [0.5, 0.6) is 0 Å². The fourth-order valence-corrected chi connectivity index (χ4v) is 1.42. The van der Waals surface area contributed by atoms with Gasteiger partial charge in [-0.05, 0) is 19.1 Å². The number of rotatable bonds is 2. The van der Waals surface area contributed by atoms with E-state index in [0.717, 1.165) is 11.3 Å². The number of hydrogen-bond acceptors (Lipinski definition) is 3. The molecule has 0 saturated carbocycles. The van der Waals surface area contributed by atoms with Crippen LogP contribution in [0.15, 0.2) is 29.0 Å². The van der Waals surface area contributed by atoms with E-state index in [4.69, 9.17) is 4.42 Å². The van der Waals surface area contributed by atoms with Gasteiger partial charge in [0.15, 0.2) is 0 Å². The Kier molecular flexibility index (Phi) is 2.13. The van der Waals surface area contributed by atoms with Crippen molar-refractivity contribution in [1.82, 2.24) is 9.78 Å². The van der Waals surface area contributed by atoms with Gasteiger partial charge in [0.05, 0.1) is 12.0 Å². The van der Waals surface area contributed by atoms with Crippen molar-refractivity contribution >= 4 is 0 Å². The van der Waals surface area contributed by atoms with E-state index in [-0.39, 0.29) is 0 Å². The Labute approximate surface area is 81.8 Å². The Balaban J connectivity index is 2.33. The third-order valence-electron chi connectivity index (χ3n) is 2.21. The number of aliphatic hydroxyl groups is 1. The van der Waals surface area contributed by atoms with Crippen LogP contribution in [0.3, 0.4) is 0 Å². The first kappa shape index (κ1) is 9.02. The molecule has 14 heavy (non-hydrogen) atoms. The normalized spacial score (nSPS) is 13.1.